The van der Waals surface area contributed by atoms with Crippen molar-refractivity contribution >= 4 is 28.8 Å². The second kappa shape index (κ2) is 8.21. The lowest BCUT2D eigenvalue weighted by atomic mass is 10.2. The normalized spacial score (nSPS) is 9.85. The van der Waals surface area contributed by atoms with Crippen molar-refractivity contribution < 1.29 is 14.4 Å². The third kappa shape index (κ3) is 5.31. The van der Waals surface area contributed by atoms with E-state index in [4.69, 9.17) is 5.73 Å². The number of hydrogen-bond donors (Lipinski definition) is 3. The first-order valence-electron chi connectivity index (χ1n) is 6.15. The summed E-state index contributed by atoms with van der Waals surface area (Å²) in [5.41, 5.74) is 5.40. The summed E-state index contributed by atoms with van der Waals surface area (Å²) in [6.07, 6.45) is 0.0807. The van der Waals surface area contributed by atoms with Crippen LogP contribution in [0.5, 0.6) is 0 Å². The highest BCUT2D eigenvalue weighted by Gasteiger charge is 2.13. The molecule has 0 radical (unpaired) electrons. The fourth-order valence-electron chi connectivity index (χ4n) is 1.42. The molecule has 1 aromatic carbocycles. The molecule has 0 heterocycles. The Morgan fingerprint density at radius 3 is 2.55 bits per heavy atom. The van der Waals surface area contributed by atoms with Crippen molar-refractivity contribution in [2.45, 2.75) is 18.2 Å². The van der Waals surface area contributed by atoms with E-state index in [2.05, 4.69) is 10.6 Å². The summed E-state index contributed by atoms with van der Waals surface area (Å²) in [5.74, 6) is -0.811. The fraction of sp³-hybridized carbons (Fsp3) is 0.308. The standard InChI is InChI=1S/C13H17N3O3S/c1-2-15-13(19)20-10-6-4-3-5-9(10)12(18)16-8-7-11(14)17/h3-6H,2,7-8H2,1H3,(H2,14,17)(H,15,19)(H,16,18). The van der Waals surface area contributed by atoms with Crippen molar-refractivity contribution in [2.75, 3.05) is 13.1 Å². The molecule has 0 unspecified atom stereocenters. The van der Waals surface area contributed by atoms with Gasteiger partial charge in [0.2, 0.25) is 5.91 Å². The highest BCUT2D eigenvalue weighted by Crippen LogP contribution is 2.23. The summed E-state index contributed by atoms with van der Waals surface area (Å²) in [4.78, 5) is 34.7. The highest BCUT2D eigenvalue weighted by atomic mass is 32.2. The molecule has 0 aliphatic carbocycles. The Labute approximate surface area is 121 Å². The summed E-state index contributed by atoms with van der Waals surface area (Å²) >= 11 is 0.960. The first-order valence-corrected chi connectivity index (χ1v) is 6.97. The van der Waals surface area contributed by atoms with Crippen molar-refractivity contribution in [2.24, 2.45) is 5.73 Å². The molecule has 1 rings (SSSR count). The molecule has 0 bridgehead atoms. The van der Waals surface area contributed by atoms with Gasteiger partial charge in [0.25, 0.3) is 11.1 Å². The number of amides is 3. The van der Waals surface area contributed by atoms with E-state index in [1.54, 1.807) is 24.3 Å². The molecule has 3 amide bonds. The molecule has 0 saturated carbocycles. The van der Waals surface area contributed by atoms with E-state index < -0.39 is 5.91 Å². The average Bonchev–Trinajstić information content (AvgIpc) is 2.39. The molecule has 0 spiro atoms. The first kappa shape index (κ1) is 16.0. The fourth-order valence-corrected chi connectivity index (χ4v) is 2.25. The van der Waals surface area contributed by atoms with Gasteiger partial charge in [0.05, 0.1) is 5.56 Å². The number of nitrogens with one attached hydrogen (secondary N) is 2. The third-order valence-corrected chi connectivity index (χ3v) is 3.22. The van der Waals surface area contributed by atoms with Crippen LogP contribution in [-0.2, 0) is 4.79 Å². The molecule has 0 aliphatic rings. The smallest absolute Gasteiger partial charge is 0.283 e. The maximum Gasteiger partial charge on any atom is 0.283 e. The van der Waals surface area contributed by atoms with Crippen LogP contribution >= 0.6 is 11.8 Å². The van der Waals surface area contributed by atoms with Crippen LogP contribution < -0.4 is 16.4 Å². The predicted molar refractivity (Wildman–Crippen MR) is 77.5 cm³/mol. The lowest BCUT2D eigenvalue weighted by Crippen LogP contribution is -2.28. The zero-order valence-electron chi connectivity index (χ0n) is 11.1. The monoisotopic (exact) mass is 295 g/mol. The second-order valence-electron chi connectivity index (χ2n) is 3.89. The van der Waals surface area contributed by atoms with Crippen LogP contribution in [0.25, 0.3) is 0 Å². The number of hydrogen-bond acceptors (Lipinski definition) is 4. The molecule has 4 N–H and O–H groups in total. The zero-order chi connectivity index (χ0) is 15.0. The van der Waals surface area contributed by atoms with Gasteiger partial charge in [-0.2, -0.15) is 0 Å². The van der Waals surface area contributed by atoms with Gasteiger partial charge in [0.1, 0.15) is 0 Å². The first-order chi connectivity index (χ1) is 9.54. The minimum Gasteiger partial charge on any atom is -0.370 e. The van der Waals surface area contributed by atoms with Gasteiger partial charge in [0, 0.05) is 24.4 Å². The lowest BCUT2D eigenvalue weighted by molar-refractivity contribution is -0.117. The van der Waals surface area contributed by atoms with Crippen LogP contribution in [0.2, 0.25) is 0 Å². The van der Waals surface area contributed by atoms with Gasteiger partial charge in [-0.1, -0.05) is 12.1 Å². The predicted octanol–water partition coefficient (Wildman–Crippen LogP) is 1.11. The minimum atomic E-state index is -0.477. The number of nitrogens with two attached hydrogens (primary N) is 1. The number of carbonyl (C=O) groups excluding carboxylic acids is 3. The van der Waals surface area contributed by atoms with Crippen LogP contribution in [0.3, 0.4) is 0 Å². The molecular weight excluding hydrogens is 278 g/mol. The lowest BCUT2D eigenvalue weighted by Gasteiger charge is -2.09. The van der Waals surface area contributed by atoms with Crippen LogP contribution in [-0.4, -0.2) is 30.1 Å². The zero-order valence-corrected chi connectivity index (χ0v) is 12.0. The molecule has 1 aromatic rings. The summed E-state index contributed by atoms with van der Waals surface area (Å²) in [6.45, 7) is 2.52. The maximum atomic E-state index is 12.0. The van der Waals surface area contributed by atoms with Gasteiger partial charge in [-0.15, -0.1) is 0 Å². The van der Waals surface area contributed by atoms with E-state index >= 15 is 0 Å². The summed E-state index contributed by atoms with van der Waals surface area (Å²) < 4.78 is 0. The Balaban J connectivity index is 2.71. The van der Waals surface area contributed by atoms with Gasteiger partial charge < -0.3 is 16.4 Å². The molecule has 0 aliphatic heterocycles. The van der Waals surface area contributed by atoms with E-state index in [0.29, 0.717) is 17.0 Å². The van der Waals surface area contributed by atoms with Crippen molar-refractivity contribution in [1.29, 1.82) is 0 Å². The molecule has 0 atom stereocenters. The Morgan fingerprint density at radius 2 is 1.90 bits per heavy atom. The van der Waals surface area contributed by atoms with Crippen molar-refractivity contribution in [1.82, 2.24) is 10.6 Å². The van der Waals surface area contributed by atoms with E-state index in [9.17, 15) is 14.4 Å². The molecular formula is C13H17N3O3S. The summed E-state index contributed by atoms with van der Waals surface area (Å²) in [5, 5.41) is 5.02. The van der Waals surface area contributed by atoms with Gasteiger partial charge >= 0.3 is 0 Å². The summed E-state index contributed by atoms with van der Waals surface area (Å²) in [6, 6.07) is 6.79. The Morgan fingerprint density at radius 1 is 1.20 bits per heavy atom. The quantitative estimate of drug-likeness (QED) is 0.684. The molecule has 0 aromatic heterocycles. The Hall–Kier alpha value is -2.02. The van der Waals surface area contributed by atoms with E-state index in [-0.39, 0.29) is 24.1 Å². The van der Waals surface area contributed by atoms with Crippen LogP contribution in [0, 0.1) is 0 Å². The topological polar surface area (TPSA) is 101 Å². The van der Waals surface area contributed by atoms with Gasteiger partial charge in [-0.05, 0) is 30.8 Å². The van der Waals surface area contributed by atoms with Crippen molar-refractivity contribution in [3.8, 4) is 0 Å². The molecule has 0 fully saturated rings. The largest absolute Gasteiger partial charge is 0.370 e. The number of thioether (sulfide) groups is 1. The SMILES string of the molecule is CCNC(=O)Sc1ccccc1C(=O)NCCC(N)=O. The minimum absolute atomic E-state index is 0.0807. The van der Waals surface area contributed by atoms with Crippen LogP contribution in [0.4, 0.5) is 4.79 Å². The van der Waals surface area contributed by atoms with Crippen LogP contribution in [0.15, 0.2) is 29.2 Å². The number of benzene rings is 1. The molecule has 108 valence electrons. The van der Waals surface area contributed by atoms with E-state index in [1.165, 1.54) is 0 Å². The van der Waals surface area contributed by atoms with Gasteiger partial charge in [-0.3, -0.25) is 14.4 Å². The Kier molecular flexibility index (Phi) is 6.58. The number of rotatable bonds is 6. The number of carbonyl (C=O) groups is 3. The highest BCUT2D eigenvalue weighted by molar-refractivity contribution is 8.13. The van der Waals surface area contributed by atoms with Crippen LogP contribution in [0.1, 0.15) is 23.7 Å². The third-order valence-electron chi connectivity index (χ3n) is 2.31. The number of primary amides is 1. The molecule has 6 nitrogen and oxygen atoms in total. The van der Waals surface area contributed by atoms with Gasteiger partial charge in [0.15, 0.2) is 0 Å². The van der Waals surface area contributed by atoms with Crippen molar-refractivity contribution in [3.05, 3.63) is 29.8 Å². The van der Waals surface area contributed by atoms with Crippen molar-refractivity contribution in [3.63, 3.8) is 0 Å². The molecule has 0 saturated heterocycles. The second-order valence-corrected chi connectivity index (χ2v) is 4.90. The Bertz CT molecular complexity index is 505. The van der Waals surface area contributed by atoms with Gasteiger partial charge in [-0.25, -0.2) is 0 Å². The van der Waals surface area contributed by atoms with E-state index in [0.717, 1.165) is 11.8 Å². The summed E-state index contributed by atoms with van der Waals surface area (Å²) in [7, 11) is 0. The molecule has 7 heteroatoms. The van der Waals surface area contributed by atoms with E-state index in [1.807, 2.05) is 6.92 Å². The molecule has 20 heavy (non-hydrogen) atoms. The maximum absolute atomic E-state index is 12.0. The average molecular weight is 295 g/mol.